The number of rotatable bonds is 4. The Morgan fingerprint density at radius 2 is 2.17 bits per heavy atom. The fraction of sp³-hybridized carbons (Fsp3) is 0.600. The fourth-order valence-electron chi connectivity index (χ4n) is 2.89. The first-order valence-corrected chi connectivity index (χ1v) is 7.08. The predicted molar refractivity (Wildman–Crippen MR) is 74.0 cm³/mol. The molecular formula is C15H22N2O. The Balaban J connectivity index is 1.40. The molecule has 3 rings (SSSR count). The summed E-state index contributed by atoms with van der Waals surface area (Å²) >= 11 is 0. The molecule has 1 aromatic rings. The normalized spacial score (nSPS) is 26.7. The summed E-state index contributed by atoms with van der Waals surface area (Å²) in [4.78, 5) is 0. The van der Waals surface area contributed by atoms with Gasteiger partial charge < -0.3 is 15.4 Å². The van der Waals surface area contributed by atoms with Gasteiger partial charge in [0.05, 0.1) is 6.10 Å². The molecule has 98 valence electrons. The summed E-state index contributed by atoms with van der Waals surface area (Å²) < 4.78 is 5.72. The summed E-state index contributed by atoms with van der Waals surface area (Å²) in [5.74, 6) is 0. The molecule has 18 heavy (non-hydrogen) atoms. The van der Waals surface area contributed by atoms with Crippen LogP contribution in [0, 0.1) is 0 Å². The van der Waals surface area contributed by atoms with Gasteiger partial charge in [0.2, 0.25) is 0 Å². The first kappa shape index (κ1) is 12.0. The van der Waals surface area contributed by atoms with Crippen molar-refractivity contribution < 1.29 is 4.74 Å². The van der Waals surface area contributed by atoms with Gasteiger partial charge in [0.1, 0.15) is 0 Å². The Bertz CT molecular complexity index is 363. The van der Waals surface area contributed by atoms with Crippen LogP contribution in [-0.2, 0) is 11.2 Å². The molecule has 2 aliphatic heterocycles. The smallest absolute Gasteiger partial charge is 0.0699 e. The second-order valence-corrected chi connectivity index (χ2v) is 5.35. The van der Waals surface area contributed by atoms with Gasteiger partial charge in [-0.3, -0.25) is 0 Å². The van der Waals surface area contributed by atoms with Crippen LogP contribution in [0.15, 0.2) is 24.3 Å². The topological polar surface area (TPSA) is 33.3 Å². The molecule has 2 unspecified atom stereocenters. The van der Waals surface area contributed by atoms with Crippen molar-refractivity contribution in [1.82, 2.24) is 5.32 Å². The number of benzene rings is 1. The van der Waals surface area contributed by atoms with Gasteiger partial charge in [0.25, 0.3) is 0 Å². The lowest BCUT2D eigenvalue weighted by atomic mass is 10.1. The molecule has 0 radical (unpaired) electrons. The molecule has 0 spiro atoms. The summed E-state index contributed by atoms with van der Waals surface area (Å²) in [7, 11) is 0. The van der Waals surface area contributed by atoms with Gasteiger partial charge >= 0.3 is 0 Å². The van der Waals surface area contributed by atoms with E-state index >= 15 is 0 Å². The number of nitrogens with one attached hydrogen (secondary N) is 2. The summed E-state index contributed by atoms with van der Waals surface area (Å²) in [6.07, 6.45) is 5.33. The molecule has 0 saturated carbocycles. The van der Waals surface area contributed by atoms with Crippen LogP contribution >= 0.6 is 0 Å². The largest absolute Gasteiger partial charge is 0.380 e. The van der Waals surface area contributed by atoms with E-state index in [0.29, 0.717) is 12.1 Å². The van der Waals surface area contributed by atoms with Crippen LogP contribution in [0.3, 0.4) is 0 Å². The van der Waals surface area contributed by atoms with Crippen LogP contribution < -0.4 is 10.6 Å². The summed E-state index contributed by atoms with van der Waals surface area (Å²) in [6, 6.07) is 9.13. The molecule has 2 atom stereocenters. The Hall–Kier alpha value is -1.06. The second kappa shape index (κ2) is 5.72. The third kappa shape index (κ3) is 2.85. The van der Waals surface area contributed by atoms with E-state index in [1.54, 1.807) is 0 Å². The molecule has 0 bridgehead atoms. The maximum atomic E-state index is 5.72. The lowest BCUT2D eigenvalue weighted by Crippen LogP contribution is -2.37. The van der Waals surface area contributed by atoms with Crippen molar-refractivity contribution in [3.63, 3.8) is 0 Å². The van der Waals surface area contributed by atoms with E-state index in [-0.39, 0.29) is 0 Å². The maximum Gasteiger partial charge on any atom is 0.0699 e. The molecule has 0 aliphatic carbocycles. The number of para-hydroxylation sites is 1. The van der Waals surface area contributed by atoms with Crippen LogP contribution in [0.2, 0.25) is 0 Å². The Morgan fingerprint density at radius 1 is 1.22 bits per heavy atom. The number of hydrogen-bond acceptors (Lipinski definition) is 3. The van der Waals surface area contributed by atoms with Gasteiger partial charge in [-0.1, -0.05) is 18.2 Å². The van der Waals surface area contributed by atoms with Gasteiger partial charge in [-0.15, -0.1) is 0 Å². The average molecular weight is 246 g/mol. The highest BCUT2D eigenvalue weighted by Gasteiger charge is 2.20. The number of fused-ring (bicyclic) bond motifs is 1. The van der Waals surface area contributed by atoms with Crippen molar-refractivity contribution in [2.24, 2.45) is 0 Å². The van der Waals surface area contributed by atoms with Crippen LogP contribution in [0.1, 0.15) is 24.8 Å². The number of ether oxygens (including phenoxy) is 1. The zero-order chi connectivity index (χ0) is 12.2. The van der Waals surface area contributed by atoms with Crippen molar-refractivity contribution in [3.8, 4) is 0 Å². The fourth-order valence-corrected chi connectivity index (χ4v) is 2.89. The molecular weight excluding hydrogens is 224 g/mol. The molecule has 1 aromatic carbocycles. The van der Waals surface area contributed by atoms with Crippen molar-refractivity contribution in [2.75, 3.05) is 25.0 Å². The van der Waals surface area contributed by atoms with E-state index in [9.17, 15) is 0 Å². The molecule has 3 heteroatoms. The van der Waals surface area contributed by atoms with Crippen LogP contribution in [0.25, 0.3) is 0 Å². The predicted octanol–water partition coefficient (Wildman–Crippen LogP) is 2.18. The standard InChI is InChI=1S/C15H22N2O/c1-2-7-15-12(5-1)9-13(17-15)10-16-11-14-6-3-4-8-18-14/h1-2,5,7,13-14,16-17H,3-4,6,8-11H2. The number of hydrogen-bond donors (Lipinski definition) is 2. The highest BCUT2D eigenvalue weighted by Crippen LogP contribution is 2.24. The quantitative estimate of drug-likeness (QED) is 0.854. The van der Waals surface area contributed by atoms with E-state index < -0.39 is 0 Å². The van der Waals surface area contributed by atoms with Crippen molar-refractivity contribution in [3.05, 3.63) is 29.8 Å². The third-order valence-electron chi connectivity index (χ3n) is 3.88. The minimum Gasteiger partial charge on any atom is -0.380 e. The average Bonchev–Trinajstić information content (AvgIpc) is 2.82. The SMILES string of the molecule is c1ccc2c(c1)CC(CNCC1CCCCO1)N2. The Kier molecular flexibility index (Phi) is 3.81. The molecule has 2 N–H and O–H groups in total. The highest BCUT2D eigenvalue weighted by atomic mass is 16.5. The molecule has 1 saturated heterocycles. The molecule has 2 heterocycles. The van der Waals surface area contributed by atoms with Crippen LogP contribution in [0.5, 0.6) is 0 Å². The van der Waals surface area contributed by atoms with E-state index in [2.05, 4.69) is 34.9 Å². The molecule has 0 aromatic heterocycles. The Morgan fingerprint density at radius 3 is 3.00 bits per heavy atom. The number of anilines is 1. The third-order valence-corrected chi connectivity index (χ3v) is 3.88. The van der Waals surface area contributed by atoms with E-state index in [1.807, 2.05) is 0 Å². The van der Waals surface area contributed by atoms with Crippen LogP contribution in [-0.4, -0.2) is 31.8 Å². The Labute approximate surface area is 109 Å². The first-order chi connectivity index (χ1) is 8.92. The minimum absolute atomic E-state index is 0.433. The van der Waals surface area contributed by atoms with E-state index in [4.69, 9.17) is 4.74 Å². The molecule has 3 nitrogen and oxygen atoms in total. The molecule has 2 aliphatic rings. The summed E-state index contributed by atoms with van der Waals surface area (Å²) in [5.41, 5.74) is 2.75. The monoisotopic (exact) mass is 246 g/mol. The maximum absolute atomic E-state index is 5.72. The van der Waals surface area contributed by atoms with Gasteiger partial charge in [0.15, 0.2) is 0 Å². The lowest BCUT2D eigenvalue weighted by Gasteiger charge is -2.23. The zero-order valence-corrected chi connectivity index (χ0v) is 10.8. The molecule has 1 fully saturated rings. The first-order valence-electron chi connectivity index (χ1n) is 7.08. The van der Waals surface area contributed by atoms with Gasteiger partial charge in [-0.25, -0.2) is 0 Å². The minimum atomic E-state index is 0.433. The van der Waals surface area contributed by atoms with Crippen molar-refractivity contribution >= 4 is 5.69 Å². The van der Waals surface area contributed by atoms with E-state index in [0.717, 1.165) is 26.1 Å². The van der Waals surface area contributed by atoms with Gasteiger partial charge in [-0.2, -0.15) is 0 Å². The summed E-state index contributed by atoms with van der Waals surface area (Å²) in [5, 5.41) is 7.11. The molecule has 0 amide bonds. The lowest BCUT2D eigenvalue weighted by molar-refractivity contribution is 0.0170. The second-order valence-electron chi connectivity index (χ2n) is 5.35. The van der Waals surface area contributed by atoms with E-state index in [1.165, 1.54) is 30.5 Å². The van der Waals surface area contributed by atoms with Gasteiger partial charge in [0, 0.05) is 31.4 Å². The van der Waals surface area contributed by atoms with Gasteiger partial charge in [-0.05, 0) is 37.3 Å². The van der Waals surface area contributed by atoms with Crippen molar-refractivity contribution in [2.45, 2.75) is 37.8 Å². The van der Waals surface area contributed by atoms with Crippen molar-refractivity contribution in [1.29, 1.82) is 0 Å². The summed E-state index contributed by atoms with van der Waals surface area (Å²) in [6.45, 7) is 2.96. The highest BCUT2D eigenvalue weighted by molar-refractivity contribution is 5.56. The zero-order valence-electron chi connectivity index (χ0n) is 10.8. The van der Waals surface area contributed by atoms with Crippen LogP contribution in [0.4, 0.5) is 5.69 Å².